The number of H-pyrrole nitrogens is 1. The van der Waals surface area contributed by atoms with Crippen molar-refractivity contribution >= 4 is 16.9 Å². The molecule has 2 N–H and O–H groups in total. The van der Waals surface area contributed by atoms with Crippen LogP contribution in [0.5, 0.6) is 0 Å². The van der Waals surface area contributed by atoms with Crippen molar-refractivity contribution in [1.29, 1.82) is 0 Å². The highest BCUT2D eigenvalue weighted by Gasteiger charge is 2.15. The summed E-state index contributed by atoms with van der Waals surface area (Å²) < 4.78 is 0. The van der Waals surface area contributed by atoms with Crippen molar-refractivity contribution in [3.8, 4) is 0 Å². The Balaban J connectivity index is 1.47. The Morgan fingerprint density at radius 3 is 3.04 bits per heavy atom. The van der Waals surface area contributed by atoms with Gasteiger partial charge in [0.1, 0.15) is 17.7 Å². The van der Waals surface area contributed by atoms with Crippen LogP contribution in [0.1, 0.15) is 35.6 Å². The zero-order chi connectivity index (χ0) is 15.6. The van der Waals surface area contributed by atoms with E-state index in [0.717, 1.165) is 54.2 Å². The van der Waals surface area contributed by atoms with Crippen LogP contribution in [0.15, 0.2) is 18.6 Å². The standard InChI is InChI=1S/C17H20N6/c1-11-12-4-2-3-5-13(12)23-15(22-11)7-9-19-17-16-14(6-8-18-16)20-10-21-17/h6,8,10,18H,2-5,7,9H2,1H3,(H,19,20,21). The number of fused-ring (bicyclic) bond motifs is 2. The number of rotatable bonds is 4. The number of hydrogen-bond acceptors (Lipinski definition) is 5. The fraction of sp³-hybridized carbons (Fsp3) is 0.412. The van der Waals surface area contributed by atoms with Crippen molar-refractivity contribution in [2.24, 2.45) is 0 Å². The largest absolute Gasteiger partial charge is 0.368 e. The van der Waals surface area contributed by atoms with Gasteiger partial charge in [0.15, 0.2) is 5.82 Å². The highest BCUT2D eigenvalue weighted by atomic mass is 15.0. The minimum absolute atomic E-state index is 0.753. The first-order chi connectivity index (χ1) is 11.3. The van der Waals surface area contributed by atoms with Crippen LogP contribution in [0.25, 0.3) is 11.0 Å². The van der Waals surface area contributed by atoms with E-state index in [4.69, 9.17) is 4.98 Å². The highest BCUT2D eigenvalue weighted by Crippen LogP contribution is 2.22. The maximum atomic E-state index is 4.77. The van der Waals surface area contributed by atoms with E-state index in [-0.39, 0.29) is 0 Å². The number of aromatic nitrogens is 5. The molecule has 3 aromatic rings. The highest BCUT2D eigenvalue weighted by molar-refractivity contribution is 5.85. The minimum Gasteiger partial charge on any atom is -0.368 e. The summed E-state index contributed by atoms with van der Waals surface area (Å²) in [7, 11) is 0. The maximum Gasteiger partial charge on any atom is 0.153 e. The quantitative estimate of drug-likeness (QED) is 0.774. The molecule has 0 amide bonds. The Kier molecular flexibility index (Phi) is 3.65. The third-order valence-corrected chi connectivity index (χ3v) is 4.42. The molecule has 23 heavy (non-hydrogen) atoms. The molecule has 1 aliphatic carbocycles. The van der Waals surface area contributed by atoms with Gasteiger partial charge in [-0.25, -0.2) is 19.9 Å². The maximum absolute atomic E-state index is 4.77. The fourth-order valence-corrected chi connectivity index (χ4v) is 3.25. The predicted molar refractivity (Wildman–Crippen MR) is 89.5 cm³/mol. The fourth-order valence-electron chi connectivity index (χ4n) is 3.25. The van der Waals surface area contributed by atoms with Crippen LogP contribution >= 0.6 is 0 Å². The molecule has 3 heterocycles. The summed E-state index contributed by atoms with van der Waals surface area (Å²) in [5, 5.41) is 3.36. The van der Waals surface area contributed by atoms with Gasteiger partial charge in [-0.05, 0) is 44.2 Å². The SMILES string of the molecule is Cc1nc(CCNc2ncnc3cc[nH]c23)nc2c1CCCC2. The molecule has 118 valence electrons. The topological polar surface area (TPSA) is 79.4 Å². The zero-order valence-electron chi connectivity index (χ0n) is 13.3. The number of anilines is 1. The van der Waals surface area contributed by atoms with Gasteiger partial charge in [0, 0.05) is 30.6 Å². The molecule has 0 atom stereocenters. The molecular weight excluding hydrogens is 288 g/mol. The van der Waals surface area contributed by atoms with E-state index < -0.39 is 0 Å². The minimum atomic E-state index is 0.753. The molecule has 0 bridgehead atoms. The molecule has 0 aromatic carbocycles. The normalized spacial score (nSPS) is 14.0. The van der Waals surface area contributed by atoms with Crippen LogP contribution in [-0.2, 0) is 19.3 Å². The van der Waals surface area contributed by atoms with Crippen molar-refractivity contribution in [1.82, 2.24) is 24.9 Å². The van der Waals surface area contributed by atoms with Gasteiger partial charge in [-0.3, -0.25) is 0 Å². The summed E-state index contributed by atoms with van der Waals surface area (Å²) in [6.45, 7) is 2.86. The predicted octanol–water partition coefficient (Wildman–Crippen LogP) is 2.59. The molecule has 6 heteroatoms. The van der Waals surface area contributed by atoms with Gasteiger partial charge in [0.25, 0.3) is 0 Å². The van der Waals surface area contributed by atoms with Gasteiger partial charge in [0.05, 0.1) is 5.52 Å². The molecule has 0 spiro atoms. The number of aryl methyl sites for hydroxylation is 2. The van der Waals surface area contributed by atoms with Crippen molar-refractivity contribution < 1.29 is 0 Å². The third kappa shape index (κ3) is 2.76. The summed E-state index contributed by atoms with van der Waals surface area (Å²) in [4.78, 5) is 21.1. The summed E-state index contributed by atoms with van der Waals surface area (Å²) >= 11 is 0. The summed E-state index contributed by atoms with van der Waals surface area (Å²) in [6.07, 6.45) is 8.98. The molecule has 4 rings (SSSR count). The number of aromatic amines is 1. The lowest BCUT2D eigenvalue weighted by Gasteiger charge is -2.17. The Bertz CT molecular complexity index is 838. The van der Waals surface area contributed by atoms with E-state index in [1.165, 1.54) is 24.1 Å². The van der Waals surface area contributed by atoms with E-state index in [9.17, 15) is 0 Å². The monoisotopic (exact) mass is 308 g/mol. The lowest BCUT2D eigenvalue weighted by atomic mass is 9.95. The molecule has 1 aliphatic rings. The molecule has 0 saturated carbocycles. The zero-order valence-corrected chi connectivity index (χ0v) is 13.3. The Morgan fingerprint density at radius 1 is 1.17 bits per heavy atom. The van der Waals surface area contributed by atoms with Crippen LogP contribution in [0.3, 0.4) is 0 Å². The van der Waals surface area contributed by atoms with Gasteiger partial charge in [-0.15, -0.1) is 0 Å². The van der Waals surface area contributed by atoms with Crippen molar-refractivity contribution in [2.75, 3.05) is 11.9 Å². The molecular formula is C17H20N6. The lowest BCUT2D eigenvalue weighted by molar-refractivity contribution is 0.647. The number of nitrogens with one attached hydrogen (secondary N) is 2. The summed E-state index contributed by atoms with van der Waals surface area (Å²) in [6, 6.07) is 1.94. The Hall–Kier alpha value is -2.50. The number of hydrogen-bond donors (Lipinski definition) is 2. The van der Waals surface area contributed by atoms with Crippen molar-refractivity contribution in [2.45, 2.75) is 39.0 Å². The van der Waals surface area contributed by atoms with Crippen LogP contribution in [0, 0.1) is 6.92 Å². The van der Waals surface area contributed by atoms with E-state index in [2.05, 4.69) is 32.2 Å². The molecule has 0 aliphatic heterocycles. The van der Waals surface area contributed by atoms with E-state index in [1.54, 1.807) is 6.33 Å². The molecule has 6 nitrogen and oxygen atoms in total. The molecule has 0 unspecified atom stereocenters. The van der Waals surface area contributed by atoms with Gasteiger partial charge in [-0.2, -0.15) is 0 Å². The number of nitrogens with zero attached hydrogens (tertiary/aromatic N) is 4. The Labute approximate surface area is 134 Å². The first-order valence-electron chi connectivity index (χ1n) is 8.18. The first kappa shape index (κ1) is 14.1. The molecule has 0 fully saturated rings. The van der Waals surface area contributed by atoms with Crippen LogP contribution in [0.2, 0.25) is 0 Å². The van der Waals surface area contributed by atoms with Crippen LogP contribution in [-0.4, -0.2) is 31.5 Å². The first-order valence-corrected chi connectivity index (χ1v) is 8.18. The van der Waals surface area contributed by atoms with Gasteiger partial charge < -0.3 is 10.3 Å². The lowest BCUT2D eigenvalue weighted by Crippen LogP contribution is -2.15. The van der Waals surface area contributed by atoms with Gasteiger partial charge >= 0.3 is 0 Å². The van der Waals surface area contributed by atoms with Crippen molar-refractivity contribution in [3.63, 3.8) is 0 Å². The second kappa shape index (κ2) is 5.95. The van der Waals surface area contributed by atoms with Crippen LogP contribution in [0.4, 0.5) is 5.82 Å². The van der Waals surface area contributed by atoms with Gasteiger partial charge in [0.2, 0.25) is 0 Å². The van der Waals surface area contributed by atoms with Gasteiger partial charge in [-0.1, -0.05) is 0 Å². The molecule has 0 radical (unpaired) electrons. The molecule has 0 saturated heterocycles. The van der Waals surface area contributed by atoms with Crippen molar-refractivity contribution in [3.05, 3.63) is 41.4 Å². The van der Waals surface area contributed by atoms with E-state index in [0.29, 0.717) is 0 Å². The van der Waals surface area contributed by atoms with E-state index >= 15 is 0 Å². The summed E-state index contributed by atoms with van der Waals surface area (Å²) in [5.41, 5.74) is 5.64. The average molecular weight is 308 g/mol. The smallest absolute Gasteiger partial charge is 0.153 e. The average Bonchev–Trinajstić information content (AvgIpc) is 3.04. The third-order valence-electron chi connectivity index (χ3n) is 4.42. The van der Waals surface area contributed by atoms with Crippen LogP contribution < -0.4 is 5.32 Å². The second-order valence-electron chi connectivity index (χ2n) is 5.99. The van der Waals surface area contributed by atoms with E-state index in [1.807, 2.05) is 12.3 Å². The second-order valence-corrected chi connectivity index (χ2v) is 5.99. The molecule has 3 aromatic heterocycles. The Morgan fingerprint density at radius 2 is 2.09 bits per heavy atom. The summed E-state index contributed by atoms with van der Waals surface area (Å²) in [5.74, 6) is 1.75.